The Hall–Kier alpha value is -3.18. The highest BCUT2D eigenvalue weighted by molar-refractivity contribution is 7.21. The predicted molar refractivity (Wildman–Crippen MR) is 101 cm³/mol. The Labute approximate surface area is 148 Å². The number of carbonyl (C=O) groups excluding carboxylic acids is 1. The Bertz CT molecular complexity index is 998. The third-order valence-electron chi connectivity index (χ3n) is 3.64. The molecule has 1 N–H and O–H groups in total. The van der Waals surface area contributed by atoms with Gasteiger partial charge in [-0.3, -0.25) is 4.79 Å². The molecule has 122 valence electrons. The molecule has 0 aliphatic rings. The van der Waals surface area contributed by atoms with Gasteiger partial charge in [-0.25, -0.2) is 4.98 Å². The molecular formula is C20H14N2O2S. The minimum Gasteiger partial charge on any atom is -0.465 e. The van der Waals surface area contributed by atoms with Crippen molar-refractivity contribution in [2.75, 3.05) is 5.32 Å². The van der Waals surface area contributed by atoms with Crippen molar-refractivity contribution in [1.29, 1.82) is 0 Å². The fourth-order valence-electron chi connectivity index (χ4n) is 2.42. The van der Waals surface area contributed by atoms with Gasteiger partial charge in [0, 0.05) is 17.3 Å². The summed E-state index contributed by atoms with van der Waals surface area (Å²) in [7, 11) is 0. The highest BCUT2D eigenvalue weighted by Gasteiger charge is 2.06. The van der Waals surface area contributed by atoms with Crippen LogP contribution in [0.25, 0.3) is 26.9 Å². The number of para-hydroxylation sites is 1. The van der Waals surface area contributed by atoms with E-state index in [1.807, 2.05) is 42.5 Å². The first-order valence-corrected chi connectivity index (χ1v) is 8.58. The highest BCUT2D eigenvalue weighted by atomic mass is 32.1. The number of furan rings is 1. The minimum absolute atomic E-state index is 0.205. The van der Waals surface area contributed by atoms with Gasteiger partial charge >= 0.3 is 0 Å². The number of carbonyl (C=O) groups is 1. The largest absolute Gasteiger partial charge is 0.465 e. The summed E-state index contributed by atoms with van der Waals surface area (Å²) in [5.41, 5.74) is 2.77. The van der Waals surface area contributed by atoms with E-state index in [0.717, 1.165) is 26.5 Å². The number of hydrogen-bond donors (Lipinski definition) is 1. The van der Waals surface area contributed by atoms with Gasteiger partial charge in [-0.1, -0.05) is 12.1 Å². The van der Waals surface area contributed by atoms with Crippen LogP contribution in [0, 0.1) is 0 Å². The maximum absolute atomic E-state index is 11.9. The van der Waals surface area contributed by atoms with E-state index < -0.39 is 0 Å². The summed E-state index contributed by atoms with van der Waals surface area (Å²) < 4.78 is 6.32. The highest BCUT2D eigenvalue weighted by Crippen LogP contribution is 2.30. The van der Waals surface area contributed by atoms with Gasteiger partial charge in [0.15, 0.2) is 0 Å². The lowest BCUT2D eigenvalue weighted by atomic mass is 10.2. The van der Waals surface area contributed by atoms with Crippen LogP contribution in [-0.4, -0.2) is 10.9 Å². The lowest BCUT2D eigenvalue weighted by molar-refractivity contribution is -0.111. The zero-order chi connectivity index (χ0) is 17.1. The average molecular weight is 346 g/mol. The van der Waals surface area contributed by atoms with E-state index in [-0.39, 0.29) is 5.91 Å². The lowest BCUT2D eigenvalue weighted by Crippen LogP contribution is -2.07. The van der Waals surface area contributed by atoms with E-state index in [2.05, 4.69) is 16.4 Å². The second-order valence-corrected chi connectivity index (χ2v) is 6.43. The number of nitrogens with zero attached hydrogens (tertiary/aromatic N) is 1. The molecule has 2 heterocycles. The lowest BCUT2D eigenvalue weighted by Gasteiger charge is -2.03. The van der Waals surface area contributed by atoms with Gasteiger partial charge in [0.2, 0.25) is 5.91 Å². The zero-order valence-electron chi connectivity index (χ0n) is 13.2. The van der Waals surface area contributed by atoms with E-state index in [4.69, 9.17) is 4.42 Å². The summed E-state index contributed by atoms with van der Waals surface area (Å²) >= 11 is 1.66. The summed E-state index contributed by atoms with van der Waals surface area (Å²) in [5, 5.41) is 3.79. The summed E-state index contributed by atoms with van der Waals surface area (Å²) in [6.45, 7) is 0. The van der Waals surface area contributed by atoms with Crippen molar-refractivity contribution < 1.29 is 9.21 Å². The molecule has 0 spiro atoms. The van der Waals surface area contributed by atoms with Gasteiger partial charge in [0.1, 0.15) is 10.8 Å². The topological polar surface area (TPSA) is 55.1 Å². The van der Waals surface area contributed by atoms with Gasteiger partial charge in [0.25, 0.3) is 0 Å². The molecule has 5 heteroatoms. The van der Waals surface area contributed by atoms with Crippen LogP contribution < -0.4 is 5.32 Å². The van der Waals surface area contributed by atoms with Gasteiger partial charge < -0.3 is 9.73 Å². The number of amides is 1. The molecule has 2 aromatic heterocycles. The standard InChI is InChI=1S/C20H14N2O2S/c23-19(12-11-16-4-3-13-24-16)21-15-9-7-14(8-10-15)20-22-17-5-1-2-6-18(17)25-20/h1-13H,(H,21,23). The maximum Gasteiger partial charge on any atom is 0.248 e. The molecule has 2 aromatic carbocycles. The summed E-state index contributed by atoms with van der Waals surface area (Å²) in [6.07, 6.45) is 4.64. The molecule has 4 rings (SSSR count). The maximum atomic E-state index is 11.9. The number of anilines is 1. The molecule has 0 saturated heterocycles. The number of thiazole rings is 1. The molecule has 0 aliphatic carbocycles. The van der Waals surface area contributed by atoms with Crippen LogP contribution in [0.3, 0.4) is 0 Å². The Morgan fingerprint density at radius 1 is 1.04 bits per heavy atom. The van der Waals surface area contributed by atoms with Crippen molar-refractivity contribution in [3.63, 3.8) is 0 Å². The van der Waals surface area contributed by atoms with E-state index in [1.54, 1.807) is 35.8 Å². The van der Waals surface area contributed by atoms with Crippen molar-refractivity contribution in [3.8, 4) is 10.6 Å². The van der Waals surface area contributed by atoms with E-state index in [0.29, 0.717) is 5.76 Å². The Balaban J connectivity index is 1.47. The van der Waals surface area contributed by atoms with Gasteiger partial charge in [-0.05, 0) is 54.6 Å². The third kappa shape index (κ3) is 3.51. The van der Waals surface area contributed by atoms with Crippen molar-refractivity contribution in [1.82, 2.24) is 4.98 Å². The number of aromatic nitrogens is 1. The molecule has 0 aliphatic heterocycles. The molecular weight excluding hydrogens is 332 g/mol. The van der Waals surface area contributed by atoms with Crippen LogP contribution in [0.4, 0.5) is 5.69 Å². The number of benzene rings is 2. The molecule has 0 atom stereocenters. The quantitative estimate of drug-likeness (QED) is 0.516. The second kappa shape index (κ2) is 6.75. The van der Waals surface area contributed by atoms with Crippen molar-refractivity contribution in [3.05, 3.63) is 78.8 Å². The molecule has 1 amide bonds. The molecule has 4 aromatic rings. The summed E-state index contributed by atoms with van der Waals surface area (Å²) in [4.78, 5) is 16.6. The average Bonchev–Trinajstić information content (AvgIpc) is 3.30. The van der Waals surface area contributed by atoms with Crippen LogP contribution in [0.15, 0.2) is 77.4 Å². The van der Waals surface area contributed by atoms with Gasteiger partial charge in [-0.2, -0.15) is 0 Å². The molecule has 0 saturated carbocycles. The molecule has 0 bridgehead atoms. The normalized spacial score (nSPS) is 11.2. The van der Waals surface area contributed by atoms with E-state index in [1.165, 1.54) is 6.08 Å². The smallest absolute Gasteiger partial charge is 0.248 e. The first kappa shape index (κ1) is 15.4. The van der Waals surface area contributed by atoms with E-state index >= 15 is 0 Å². The second-order valence-electron chi connectivity index (χ2n) is 5.40. The Kier molecular flexibility index (Phi) is 4.14. The fraction of sp³-hybridized carbons (Fsp3) is 0. The van der Waals surface area contributed by atoms with Crippen LogP contribution in [0.5, 0.6) is 0 Å². The van der Waals surface area contributed by atoms with Crippen LogP contribution in [0.1, 0.15) is 5.76 Å². The van der Waals surface area contributed by atoms with E-state index in [9.17, 15) is 4.79 Å². The van der Waals surface area contributed by atoms with Crippen molar-refractivity contribution in [2.24, 2.45) is 0 Å². The Morgan fingerprint density at radius 3 is 2.64 bits per heavy atom. The number of hydrogen-bond acceptors (Lipinski definition) is 4. The van der Waals surface area contributed by atoms with Crippen LogP contribution >= 0.6 is 11.3 Å². The zero-order valence-corrected chi connectivity index (χ0v) is 14.0. The molecule has 0 fully saturated rings. The number of rotatable bonds is 4. The molecule has 4 nitrogen and oxygen atoms in total. The Morgan fingerprint density at radius 2 is 1.88 bits per heavy atom. The molecule has 0 radical (unpaired) electrons. The van der Waals surface area contributed by atoms with Crippen molar-refractivity contribution in [2.45, 2.75) is 0 Å². The van der Waals surface area contributed by atoms with Crippen molar-refractivity contribution >= 4 is 39.2 Å². The molecule has 25 heavy (non-hydrogen) atoms. The van der Waals surface area contributed by atoms with Crippen LogP contribution in [0.2, 0.25) is 0 Å². The first-order chi connectivity index (χ1) is 12.3. The number of nitrogens with one attached hydrogen (secondary N) is 1. The SMILES string of the molecule is O=C(C=Cc1ccco1)Nc1ccc(-c2nc3ccccc3s2)cc1. The summed E-state index contributed by atoms with van der Waals surface area (Å²) in [5.74, 6) is 0.436. The first-order valence-electron chi connectivity index (χ1n) is 7.76. The van der Waals surface area contributed by atoms with Crippen LogP contribution in [-0.2, 0) is 4.79 Å². The monoisotopic (exact) mass is 346 g/mol. The third-order valence-corrected chi connectivity index (χ3v) is 4.72. The van der Waals surface area contributed by atoms with Gasteiger partial charge in [0.05, 0.1) is 16.5 Å². The molecule has 0 unspecified atom stereocenters. The van der Waals surface area contributed by atoms with Gasteiger partial charge in [-0.15, -0.1) is 11.3 Å². The minimum atomic E-state index is -0.205. The predicted octanol–water partition coefficient (Wildman–Crippen LogP) is 5.21. The number of fused-ring (bicyclic) bond motifs is 1. The fourth-order valence-corrected chi connectivity index (χ4v) is 3.39. The summed E-state index contributed by atoms with van der Waals surface area (Å²) in [6, 6.07) is 19.3.